The predicted molar refractivity (Wildman–Crippen MR) is 50.9 cm³/mol. The number of hydrogen-bond acceptors (Lipinski definition) is 2. The van der Waals surface area contributed by atoms with E-state index in [1.54, 1.807) is 6.26 Å². The normalized spacial score (nSPS) is 25.6. The zero-order chi connectivity index (χ0) is 7.94. The number of hydrogen-bond donors (Lipinski definition) is 0. The summed E-state index contributed by atoms with van der Waals surface area (Å²) in [5.41, 5.74) is 0. The lowest BCUT2D eigenvalue weighted by molar-refractivity contribution is 0.247. The van der Waals surface area contributed by atoms with Gasteiger partial charge < -0.3 is 4.74 Å². The van der Waals surface area contributed by atoms with Crippen LogP contribution in [0.2, 0.25) is 0 Å². The van der Waals surface area contributed by atoms with Gasteiger partial charge in [0.15, 0.2) is 0 Å². The van der Waals surface area contributed by atoms with E-state index in [1.807, 2.05) is 0 Å². The summed E-state index contributed by atoms with van der Waals surface area (Å²) in [6.07, 6.45) is 7.02. The second kappa shape index (κ2) is 5.53. The molecular formula is C9H16OS. The average molecular weight is 172 g/mol. The van der Waals surface area contributed by atoms with Crippen molar-refractivity contribution < 1.29 is 4.74 Å². The van der Waals surface area contributed by atoms with Gasteiger partial charge >= 0.3 is 0 Å². The smallest absolute Gasteiger partial charge is 0.0991 e. The summed E-state index contributed by atoms with van der Waals surface area (Å²) in [6.45, 7) is 4.39. The molecule has 1 nitrogen and oxygen atoms in total. The van der Waals surface area contributed by atoms with Gasteiger partial charge in [-0.3, -0.25) is 0 Å². The molecule has 0 aromatic heterocycles. The van der Waals surface area contributed by atoms with Gasteiger partial charge in [0.2, 0.25) is 0 Å². The van der Waals surface area contributed by atoms with Gasteiger partial charge in [-0.15, -0.1) is 0 Å². The van der Waals surface area contributed by atoms with E-state index < -0.39 is 0 Å². The second-order valence-electron chi connectivity index (χ2n) is 2.84. The Kier molecular flexibility index (Phi) is 4.51. The molecule has 0 aromatic rings. The topological polar surface area (TPSA) is 9.23 Å². The molecule has 0 aliphatic carbocycles. The zero-order valence-electron chi connectivity index (χ0n) is 6.92. The minimum atomic E-state index is 0.718. The fraction of sp³-hybridized carbons (Fsp3) is 0.778. The van der Waals surface area contributed by atoms with Crippen molar-refractivity contribution in [1.29, 1.82) is 0 Å². The Morgan fingerprint density at radius 1 is 1.45 bits per heavy atom. The highest BCUT2D eigenvalue weighted by atomic mass is 32.2. The molecule has 1 aliphatic rings. The van der Waals surface area contributed by atoms with Gasteiger partial charge in [-0.25, -0.2) is 0 Å². The van der Waals surface area contributed by atoms with Crippen LogP contribution in [0.25, 0.3) is 0 Å². The first-order valence-electron chi connectivity index (χ1n) is 4.27. The standard InChI is InChI=1S/C9H16OS/c1-2-10-8-9-6-4-3-5-7-11-9/h2,9H,1,3-8H2. The van der Waals surface area contributed by atoms with Crippen LogP contribution in [0.5, 0.6) is 0 Å². The van der Waals surface area contributed by atoms with Crippen LogP contribution >= 0.6 is 11.8 Å². The van der Waals surface area contributed by atoms with E-state index in [-0.39, 0.29) is 0 Å². The third-order valence-corrected chi connectivity index (χ3v) is 3.29. The van der Waals surface area contributed by atoms with Gasteiger partial charge in [0.1, 0.15) is 0 Å². The Bertz CT molecular complexity index is 106. The van der Waals surface area contributed by atoms with E-state index >= 15 is 0 Å². The Hall–Kier alpha value is -0.110. The SMILES string of the molecule is C=COCC1CCCCCS1. The molecule has 0 spiro atoms. The van der Waals surface area contributed by atoms with Gasteiger partial charge in [-0.2, -0.15) is 11.8 Å². The molecule has 0 N–H and O–H groups in total. The quantitative estimate of drug-likeness (QED) is 0.605. The molecule has 1 fully saturated rings. The fourth-order valence-electron chi connectivity index (χ4n) is 1.29. The van der Waals surface area contributed by atoms with Crippen LogP contribution < -0.4 is 0 Å². The monoisotopic (exact) mass is 172 g/mol. The number of rotatable bonds is 3. The summed E-state index contributed by atoms with van der Waals surface area (Å²) in [5, 5.41) is 0.718. The highest BCUT2D eigenvalue weighted by Crippen LogP contribution is 2.24. The fourth-order valence-corrected chi connectivity index (χ4v) is 2.50. The molecule has 1 unspecified atom stereocenters. The van der Waals surface area contributed by atoms with Gasteiger partial charge in [0, 0.05) is 5.25 Å². The van der Waals surface area contributed by atoms with Crippen molar-refractivity contribution in [3.8, 4) is 0 Å². The molecule has 1 atom stereocenters. The van der Waals surface area contributed by atoms with Gasteiger partial charge in [-0.05, 0) is 18.6 Å². The summed E-state index contributed by atoms with van der Waals surface area (Å²) in [5.74, 6) is 1.31. The van der Waals surface area contributed by atoms with E-state index in [1.165, 1.54) is 31.4 Å². The number of thioether (sulfide) groups is 1. The first kappa shape index (κ1) is 8.98. The van der Waals surface area contributed by atoms with E-state index in [2.05, 4.69) is 18.3 Å². The van der Waals surface area contributed by atoms with Crippen LogP contribution in [-0.4, -0.2) is 17.6 Å². The molecule has 64 valence electrons. The Balaban J connectivity index is 2.14. The van der Waals surface area contributed by atoms with Crippen molar-refractivity contribution in [1.82, 2.24) is 0 Å². The van der Waals surface area contributed by atoms with Crippen molar-refractivity contribution in [3.63, 3.8) is 0 Å². The van der Waals surface area contributed by atoms with Crippen molar-refractivity contribution in [2.45, 2.75) is 30.9 Å². The van der Waals surface area contributed by atoms with Crippen LogP contribution in [0.3, 0.4) is 0 Å². The van der Waals surface area contributed by atoms with E-state index in [0.29, 0.717) is 0 Å². The highest BCUT2D eigenvalue weighted by molar-refractivity contribution is 7.99. The van der Waals surface area contributed by atoms with Crippen molar-refractivity contribution in [2.75, 3.05) is 12.4 Å². The predicted octanol–water partition coefficient (Wildman–Crippen LogP) is 2.82. The highest BCUT2D eigenvalue weighted by Gasteiger charge is 2.11. The van der Waals surface area contributed by atoms with Crippen molar-refractivity contribution >= 4 is 11.8 Å². The summed E-state index contributed by atoms with van der Waals surface area (Å²) < 4.78 is 5.17. The van der Waals surface area contributed by atoms with E-state index in [4.69, 9.17) is 4.74 Å². The maximum absolute atomic E-state index is 5.17. The maximum Gasteiger partial charge on any atom is 0.0991 e. The Labute approximate surface area is 73.2 Å². The first-order chi connectivity index (χ1) is 5.43. The molecule has 2 heteroatoms. The second-order valence-corrected chi connectivity index (χ2v) is 4.25. The lowest BCUT2D eigenvalue weighted by atomic mass is 10.2. The summed E-state index contributed by atoms with van der Waals surface area (Å²) in [6, 6.07) is 0. The molecule has 0 aromatic carbocycles. The van der Waals surface area contributed by atoms with Crippen LogP contribution in [0.1, 0.15) is 25.7 Å². The van der Waals surface area contributed by atoms with Crippen molar-refractivity contribution in [3.05, 3.63) is 12.8 Å². The summed E-state index contributed by atoms with van der Waals surface area (Å²) >= 11 is 2.05. The average Bonchev–Trinajstić information content (AvgIpc) is 2.28. The minimum absolute atomic E-state index is 0.718. The molecule has 11 heavy (non-hydrogen) atoms. The minimum Gasteiger partial charge on any atom is -0.501 e. The van der Waals surface area contributed by atoms with Gasteiger partial charge in [0.05, 0.1) is 12.9 Å². The molecule has 0 radical (unpaired) electrons. The number of ether oxygens (including phenoxy) is 1. The molecule has 1 rings (SSSR count). The summed E-state index contributed by atoms with van der Waals surface area (Å²) in [7, 11) is 0. The largest absolute Gasteiger partial charge is 0.501 e. The molecule has 0 amide bonds. The molecule has 1 saturated heterocycles. The lowest BCUT2D eigenvalue weighted by Crippen LogP contribution is -2.08. The first-order valence-corrected chi connectivity index (χ1v) is 5.32. The van der Waals surface area contributed by atoms with E-state index in [9.17, 15) is 0 Å². The molecule has 1 heterocycles. The molecular weight excluding hydrogens is 156 g/mol. The molecule has 0 bridgehead atoms. The third-order valence-electron chi connectivity index (χ3n) is 1.92. The Morgan fingerprint density at radius 2 is 2.36 bits per heavy atom. The van der Waals surface area contributed by atoms with Crippen LogP contribution in [-0.2, 0) is 4.74 Å². The van der Waals surface area contributed by atoms with Crippen LogP contribution in [0.15, 0.2) is 12.8 Å². The van der Waals surface area contributed by atoms with Crippen LogP contribution in [0.4, 0.5) is 0 Å². The van der Waals surface area contributed by atoms with Crippen molar-refractivity contribution in [2.24, 2.45) is 0 Å². The third kappa shape index (κ3) is 3.71. The summed E-state index contributed by atoms with van der Waals surface area (Å²) in [4.78, 5) is 0. The van der Waals surface area contributed by atoms with Gasteiger partial charge in [0.25, 0.3) is 0 Å². The maximum atomic E-state index is 5.17. The lowest BCUT2D eigenvalue weighted by Gasteiger charge is -2.11. The molecule has 1 aliphatic heterocycles. The molecule has 0 saturated carbocycles. The zero-order valence-corrected chi connectivity index (χ0v) is 7.74. The van der Waals surface area contributed by atoms with Crippen LogP contribution in [0, 0.1) is 0 Å². The van der Waals surface area contributed by atoms with Gasteiger partial charge in [-0.1, -0.05) is 19.4 Å². The van der Waals surface area contributed by atoms with E-state index in [0.717, 1.165) is 11.9 Å². The Morgan fingerprint density at radius 3 is 3.18 bits per heavy atom.